The summed E-state index contributed by atoms with van der Waals surface area (Å²) in [5, 5.41) is 15.3. The van der Waals surface area contributed by atoms with Crippen molar-refractivity contribution in [1.29, 1.82) is 0 Å². The van der Waals surface area contributed by atoms with Gasteiger partial charge in [-0.1, -0.05) is 6.07 Å². The predicted molar refractivity (Wildman–Crippen MR) is 60.2 cm³/mol. The number of benzene rings is 1. The van der Waals surface area contributed by atoms with E-state index in [1.54, 1.807) is 12.1 Å². The van der Waals surface area contributed by atoms with Crippen molar-refractivity contribution in [3.8, 4) is 5.75 Å². The Morgan fingerprint density at radius 3 is 3.19 bits per heavy atom. The van der Waals surface area contributed by atoms with E-state index in [2.05, 4.69) is 10.6 Å². The third kappa shape index (κ3) is 1.94. The molecule has 1 atom stereocenters. The molecular formula is C11H14N2O3. The molecule has 0 aromatic heterocycles. The minimum atomic E-state index is -0.967. The van der Waals surface area contributed by atoms with Gasteiger partial charge in [-0.2, -0.15) is 0 Å². The van der Waals surface area contributed by atoms with Crippen LogP contribution in [-0.2, 0) is 0 Å². The van der Waals surface area contributed by atoms with Crippen LogP contribution in [-0.4, -0.2) is 37.3 Å². The van der Waals surface area contributed by atoms with Crippen molar-refractivity contribution in [3.63, 3.8) is 0 Å². The van der Waals surface area contributed by atoms with Gasteiger partial charge in [-0.3, -0.25) is 0 Å². The highest BCUT2D eigenvalue weighted by molar-refractivity contribution is 5.93. The van der Waals surface area contributed by atoms with Crippen LogP contribution in [0.3, 0.4) is 0 Å². The van der Waals surface area contributed by atoms with Crippen molar-refractivity contribution in [2.24, 2.45) is 0 Å². The molecule has 0 saturated heterocycles. The molecular weight excluding hydrogens is 208 g/mol. The summed E-state index contributed by atoms with van der Waals surface area (Å²) in [5.74, 6) is -0.534. The van der Waals surface area contributed by atoms with Crippen LogP contribution in [0, 0.1) is 0 Å². The Morgan fingerprint density at radius 1 is 1.69 bits per heavy atom. The van der Waals surface area contributed by atoms with E-state index in [-0.39, 0.29) is 11.6 Å². The summed E-state index contributed by atoms with van der Waals surface area (Å²) in [7, 11) is 1.87. The number of nitrogens with one attached hydrogen (secondary N) is 2. The smallest absolute Gasteiger partial charge is 0.339 e. The maximum absolute atomic E-state index is 11.0. The van der Waals surface area contributed by atoms with Gasteiger partial charge in [-0.05, 0) is 19.2 Å². The zero-order chi connectivity index (χ0) is 11.5. The van der Waals surface area contributed by atoms with Crippen LogP contribution in [0.5, 0.6) is 5.75 Å². The lowest BCUT2D eigenvalue weighted by molar-refractivity contribution is 0.0691. The van der Waals surface area contributed by atoms with Crippen molar-refractivity contribution in [1.82, 2.24) is 5.32 Å². The first kappa shape index (κ1) is 10.8. The average molecular weight is 222 g/mol. The quantitative estimate of drug-likeness (QED) is 0.705. The molecule has 0 spiro atoms. The first-order valence-electron chi connectivity index (χ1n) is 5.12. The number of aromatic carboxylic acids is 1. The number of ether oxygens (including phenoxy) is 1. The van der Waals surface area contributed by atoms with Crippen LogP contribution in [0.2, 0.25) is 0 Å². The van der Waals surface area contributed by atoms with Crippen molar-refractivity contribution < 1.29 is 14.6 Å². The number of likely N-dealkylation sites (N-methyl/N-ethyl adjacent to an activating group) is 1. The van der Waals surface area contributed by atoms with Crippen LogP contribution in [0.4, 0.5) is 5.69 Å². The summed E-state index contributed by atoms with van der Waals surface area (Å²) in [4.78, 5) is 11.0. The maximum atomic E-state index is 11.0. The Kier molecular flexibility index (Phi) is 2.96. The van der Waals surface area contributed by atoms with Gasteiger partial charge in [-0.25, -0.2) is 4.79 Å². The standard InChI is InChI=1S/C11H14N2O3/c1-12-5-7-6-16-10-8(11(14)15)3-2-4-9(10)13-7/h2-4,7,12-13H,5-6H2,1H3,(H,14,15). The molecule has 0 radical (unpaired) electrons. The number of hydrogen-bond acceptors (Lipinski definition) is 4. The van der Waals surface area contributed by atoms with E-state index in [9.17, 15) is 4.79 Å². The molecule has 1 aromatic carbocycles. The maximum Gasteiger partial charge on any atom is 0.339 e. The van der Waals surface area contributed by atoms with Gasteiger partial charge in [0.15, 0.2) is 5.75 Å². The molecule has 0 fully saturated rings. The van der Waals surface area contributed by atoms with Gasteiger partial charge in [0.05, 0.1) is 11.7 Å². The van der Waals surface area contributed by atoms with Crippen LogP contribution in [0.15, 0.2) is 18.2 Å². The highest BCUT2D eigenvalue weighted by Crippen LogP contribution is 2.32. The predicted octanol–water partition coefficient (Wildman–Crippen LogP) is 0.777. The fourth-order valence-electron chi connectivity index (χ4n) is 1.78. The molecule has 0 amide bonds. The molecule has 0 bridgehead atoms. The topological polar surface area (TPSA) is 70.6 Å². The molecule has 1 aliphatic heterocycles. The number of hydrogen-bond donors (Lipinski definition) is 3. The van der Waals surface area contributed by atoms with Gasteiger partial charge in [0.2, 0.25) is 0 Å². The number of anilines is 1. The third-order valence-electron chi connectivity index (χ3n) is 2.48. The molecule has 0 saturated carbocycles. The van der Waals surface area contributed by atoms with Crippen molar-refractivity contribution in [2.75, 3.05) is 25.5 Å². The van der Waals surface area contributed by atoms with Gasteiger partial charge < -0.3 is 20.5 Å². The monoisotopic (exact) mass is 222 g/mol. The highest BCUT2D eigenvalue weighted by Gasteiger charge is 2.22. The third-order valence-corrected chi connectivity index (χ3v) is 2.48. The number of carbonyl (C=O) groups is 1. The van der Waals surface area contributed by atoms with Crippen LogP contribution in [0.1, 0.15) is 10.4 Å². The fourth-order valence-corrected chi connectivity index (χ4v) is 1.78. The lowest BCUT2D eigenvalue weighted by Gasteiger charge is -2.28. The first-order chi connectivity index (χ1) is 7.72. The summed E-state index contributed by atoms with van der Waals surface area (Å²) >= 11 is 0. The molecule has 1 heterocycles. The largest absolute Gasteiger partial charge is 0.488 e. The fraction of sp³-hybridized carbons (Fsp3) is 0.364. The molecule has 16 heavy (non-hydrogen) atoms. The molecule has 1 aromatic rings. The Hall–Kier alpha value is -1.75. The summed E-state index contributed by atoms with van der Waals surface area (Å²) in [6.45, 7) is 1.24. The lowest BCUT2D eigenvalue weighted by atomic mass is 10.1. The summed E-state index contributed by atoms with van der Waals surface area (Å²) in [6, 6.07) is 5.24. The van der Waals surface area contributed by atoms with Gasteiger partial charge in [-0.15, -0.1) is 0 Å². The van der Waals surface area contributed by atoms with E-state index in [0.29, 0.717) is 12.4 Å². The van der Waals surface area contributed by atoms with Crippen LogP contribution >= 0.6 is 0 Å². The zero-order valence-corrected chi connectivity index (χ0v) is 8.99. The summed E-state index contributed by atoms with van der Waals surface area (Å²) in [6.07, 6.45) is 0. The van der Waals surface area contributed by atoms with E-state index in [1.807, 2.05) is 13.1 Å². The van der Waals surface area contributed by atoms with E-state index in [4.69, 9.17) is 9.84 Å². The van der Waals surface area contributed by atoms with Gasteiger partial charge in [0.1, 0.15) is 12.2 Å². The number of para-hydroxylation sites is 1. The van der Waals surface area contributed by atoms with Gasteiger partial charge in [0, 0.05) is 6.54 Å². The number of carboxylic acid groups (broad SMARTS) is 1. The van der Waals surface area contributed by atoms with E-state index < -0.39 is 5.97 Å². The van der Waals surface area contributed by atoms with Gasteiger partial charge >= 0.3 is 5.97 Å². The average Bonchev–Trinajstić information content (AvgIpc) is 2.28. The SMILES string of the molecule is CNCC1COc2c(cccc2C(=O)O)N1. The number of carboxylic acids is 1. The Morgan fingerprint density at radius 2 is 2.50 bits per heavy atom. The van der Waals surface area contributed by atoms with Crippen LogP contribution in [0.25, 0.3) is 0 Å². The minimum Gasteiger partial charge on any atom is -0.488 e. The van der Waals surface area contributed by atoms with E-state index >= 15 is 0 Å². The van der Waals surface area contributed by atoms with Gasteiger partial charge in [0.25, 0.3) is 0 Å². The molecule has 1 unspecified atom stereocenters. The van der Waals surface area contributed by atoms with Crippen molar-refractivity contribution in [3.05, 3.63) is 23.8 Å². The van der Waals surface area contributed by atoms with E-state index in [1.165, 1.54) is 0 Å². The second kappa shape index (κ2) is 4.40. The molecule has 86 valence electrons. The molecule has 5 heteroatoms. The molecule has 1 aliphatic rings. The van der Waals surface area contributed by atoms with Crippen molar-refractivity contribution >= 4 is 11.7 Å². The van der Waals surface area contributed by atoms with Crippen LogP contribution < -0.4 is 15.4 Å². The summed E-state index contributed by atoms with van der Waals surface area (Å²) < 4.78 is 5.50. The number of fused-ring (bicyclic) bond motifs is 1. The second-order valence-electron chi connectivity index (χ2n) is 3.70. The normalized spacial score (nSPS) is 18.2. The Labute approximate surface area is 93.4 Å². The lowest BCUT2D eigenvalue weighted by Crippen LogP contribution is -2.39. The number of rotatable bonds is 3. The van der Waals surface area contributed by atoms with Crippen molar-refractivity contribution in [2.45, 2.75) is 6.04 Å². The minimum absolute atomic E-state index is 0.168. The highest BCUT2D eigenvalue weighted by atomic mass is 16.5. The second-order valence-corrected chi connectivity index (χ2v) is 3.70. The molecule has 3 N–H and O–H groups in total. The molecule has 0 aliphatic carbocycles. The summed E-state index contributed by atoms with van der Waals surface area (Å²) in [5.41, 5.74) is 0.944. The Balaban J connectivity index is 2.27. The zero-order valence-electron chi connectivity index (χ0n) is 8.99. The Bertz CT molecular complexity index is 406. The first-order valence-corrected chi connectivity index (χ1v) is 5.12. The molecule has 5 nitrogen and oxygen atoms in total. The molecule has 2 rings (SSSR count). The van der Waals surface area contributed by atoms with E-state index in [0.717, 1.165) is 12.2 Å².